The largest absolute Gasteiger partial charge is 0.357 e. The zero-order chi connectivity index (χ0) is 22.3. The first-order valence-electron chi connectivity index (χ1n) is 9.79. The molecule has 0 spiro atoms. The number of anilines is 1. The highest BCUT2D eigenvalue weighted by Gasteiger charge is 2.29. The van der Waals surface area contributed by atoms with E-state index in [0.29, 0.717) is 5.69 Å². The third-order valence-corrected chi connectivity index (χ3v) is 6.06. The topological polar surface area (TPSA) is 86.8 Å². The summed E-state index contributed by atoms with van der Waals surface area (Å²) in [6.45, 7) is 3.44. The molecule has 0 unspecified atom stereocenters. The second-order valence-electron chi connectivity index (χ2n) is 7.09. The molecular formula is C22H29N3O4S. The van der Waals surface area contributed by atoms with Crippen molar-refractivity contribution in [3.05, 3.63) is 65.7 Å². The summed E-state index contributed by atoms with van der Waals surface area (Å²) in [6, 6.07) is 15.6. The van der Waals surface area contributed by atoms with Crippen LogP contribution in [0.25, 0.3) is 0 Å². The second kappa shape index (κ2) is 10.2. The summed E-state index contributed by atoms with van der Waals surface area (Å²) >= 11 is 0. The molecule has 2 aromatic carbocycles. The Kier molecular flexibility index (Phi) is 8.00. The van der Waals surface area contributed by atoms with Crippen LogP contribution in [0.3, 0.4) is 0 Å². The van der Waals surface area contributed by atoms with E-state index in [4.69, 9.17) is 0 Å². The van der Waals surface area contributed by atoms with Gasteiger partial charge in [0.1, 0.15) is 12.6 Å². The van der Waals surface area contributed by atoms with Gasteiger partial charge in [0.25, 0.3) is 0 Å². The van der Waals surface area contributed by atoms with E-state index in [2.05, 4.69) is 5.32 Å². The van der Waals surface area contributed by atoms with Crippen molar-refractivity contribution in [2.75, 3.05) is 24.2 Å². The molecule has 0 aliphatic carbocycles. The molecule has 0 aliphatic heterocycles. The molecule has 0 heterocycles. The third kappa shape index (κ3) is 6.06. The summed E-state index contributed by atoms with van der Waals surface area (Å²) in [5.74, 6) is -0.780. The first kappa shape index (κ1) is 23.4. The van der Waals surface area contributed by atoms with E-state index in [-0.39, 0.29) is 12.5 Å². The fourth-order valence-corrected chi connectivity index (χ4v) is 3.93. The van der Waals surface area contributed by atoms with Crippen LogP contribution in [0.4, 0.5) is 5.69 Å². The Morgan fingerprint density at radius 1 is 1.00 bits per heavy atom. The number of hydrogen-bond donors (Lipinski definition) is 1. The van der Waals surface area contributed by atoms with Gasteiger partial charge in [0.2, 0.25) is 21.8 Å². The predicted molar refractivity (Wildman–Crippen MR) is 119 cm³/mol. The summed E-state index contributed by atoms with van der Waals surface area (Å²) in [7, 11) is -2.20. The average molecular weight is 432 g/mol. The summed E-state index contributed by atoms with van der Waals surface area (Å²) in [6.07, 6.45) is 1.89. The molecule has 30 heavy (non-hydrogen) atoms. The van der Waals surface area contributed by atoms with Gasteiger partial charge in [-0.1, -0.05) is 49.4 Å². The first-order chi connectivity index (χ1) is 14.2. The molecule has 0 bridgehead atoms. The van der Waals surface area contributed by atoms with Gasteiger partial charge in [-0.3, -0.25) is 13.9 Å². The zero-order valence-electron chi connectivity index (χ0n) is 17.8. The van der Waals surface area contributed by atoms with Gasteiger partial charge >= 0.3 is 0 Å². The molecule has 2 rings (SSSR count). The Hall–Kier alpha value is -2.87. The maximum atomic E-state index is 13.2. The van der Waals surface area contributed by atoms with E-state index in [1.54, 1.807) is 19.1 Å². The molecule has 1 atom stereocenters. The highest BCUT2D eigenvalue weighted by Crippen LogP contribution is 2.20. The molecule has 2 amide bonds. The van der Waals surface area contributed by atoms with Crippen LogP contribution in [0, 0.1) is 0 Å². The van der Waals surface area contributed by atoms with E-state index in [1.165, 1.54) is 11.9 Å². The monoisotopic (exact) mass is 431 g/mol. The van der Waals surface area contributed by atoms with Crippen molar-refractivity contribution >= 4 is 27.5 Å². The minimum absolute atomic E-state index is 0.195. The number of hydrogen-bond acceptors (Lipinski definition) is 4. The lowest BCUT2D eigenvalue weighted by Crippen LogP contribution is -2.50. The minimum Gasteiger partial charge on any atom is -0.357 e. The molecule has 0 aromatic heterocycles. The summed E-state index contributed by atoms with van der Waals surface area (Å²) in [5, 5.41) is 2.55. The lowest BCUT2D eigenvalue weighted by atomic mass is 10.1. The molecular weight excluding hydrogens is 402 g/mol. The molecule has 0 radical (unpaired) electrons. The number of benzene rings is 2. The van der Waals surface area contributed by atoms with Gasteiger partial charge in [0.15, 0.2) is 0 Å². The molecule has 162 valence electrons. The number of likely N-dealkylation sites (N-methyl/N-ethyl adjacent to an activating group) is 1. The summed E-state index contributed by atoms with van der Waals surface area (Å²) in [4.78, 5) is 26.8. The Labute approximate surface area is 178 Å². The summed E-state index contributed by atoms with van der Waals surface area (Å²) < 4.78 is 25.9. The lowest BCUT2D eigenvalue weighted by molar-refractivity contribution is -0.139. The van der Waals surface area contributed by atoms with Gasteiger partial charge in [0, 0.05) is 13.6 Å². The number of rotatable bonds is 9. The Morgan fingerprint density at radius 2 is 1.60 bits per heavy atom. The Morgan fingerprint density at radius 3 is 2.10 bits per heavy atom. The van der Waals surface area contributed by atoms with Crippen LogP contribution in [-0.2, 0) is 32.6 Å². The van der Waals surface area contributed by atoms with Crippen molar-refractivity contribution in [2.45, 2.75) is 32.9 Å². The van der Waals surface area contributed by atoms with Crippen molar-refractivity contribution in [1.82, 2.24) is 10.2 Å². The lowest BCUT2D eigenvalue weighted by Gasteiger charge is -2.31. The van der Waals surface area contributed by atoms with Crippen molar-refractivity contribution in [3.63, 3.8) is 0 Å². The van der Waals surface area contributed by atoms with Gasteiger partial charge < -0.3 is 10.2 Å². The van der Waals surface area contributed by atoms with Gasteiger partial charge in [0.05, 0.1) is 11.9 Å². The van der Waals surface area contributed by atoms with E-state index in [9.17, 15) is 18.0 Å². The standard InChI is InChI=1S/C22H29N3O4S/c1-5-18-11-13-20(14-12-18)25(30(4,28)29)16-21(26)24(17(2)22(27)23-3)15-19-9-7-6-8-10-19/h6-14,17H,5,15-16H2,1-4H3,(H,23,27)/t17-/m0/s1. The van der Waals surface area contributed by atoms with E-state index in [0.717, 1.165) is 28.1 Å². The molecule has 0 saturated carbocycles. The van der Waals surface area contributed by atoms with E-state index in [1.807, 2.05) is 49.4 Å². The molecule has 0 fully saturated rings. The van der Waals surface area contributed by atoms with Crippen LogP contribution in [0.1, 0.15) is 25.0 Å². The SMILES string of the molecule is CCc1ccc(N(CC(=O)N(Cc2ccccc2)[C@@H](C)C(=O)NC)S(C)(=O)=O)cc1. The van der Waals surface area contributed by atoms with Gasteiger partial charge in [-0.25, -0.2) is 8.42 Å². The highest BCUT2D eigenvalue weighted by atomic mass is 32.2. The minimum atomic E-state index is -3.71. The number of aryl methyl sites for hydroxylation is 1. The van der Waals surface area contributed by atoms with E-state index >= 15 is 0 Å². The van der Waals surface area contributed by atoms with Crippen molar-refractivity contribution in [2.24, 2.45) is 0 Å². The fraction of sp³-hybridized carbons (Fsp3) is 0.364. The quantitative estimate of drug-likeness (QED) is 0.659. The number of amides is 2. The van der Waals surface area contributed by atoms with Crippen molar-refractivity contribution < 1.29 is 18.0 Å². The molecule has 2 aromatic rings. The van der Waals surface area contributed by atoms with Crippen LogP contribution in [0.2, 0.25) is 0 Å². The molecule has 0 saturated heterocycles. The fourth-order valence-electron chi connectivity index (χ4n) is 3.08. The van der Waals surface area contributed by atoms with Crippen LogP contribution < -0.4 is 9.62 Å². The second-order valence-corrected chi connectivity index (χ2v) is 8.99. The average Bonchev–Trinajstić information content (AvgIpc) is 2.74. The smallest absolute Gasteiger partial charge is 0.244 e. The number of nitrogens with zero attached hydrogens (tertiary/aromatic N) is 2. The zero-order valence-corrected chi connectivity index (χ0v) is 18.6. The molecule has 7 nitrogen and oxygen atoms in total. The van der Waals surface area contributed by atoms with Crippen molar-refractivity contribution in [1.29, 1.82) is 0 Å². The van der Waals surface area contributed by atoms with Gasteiger partial charge in [-0.05, 0) is 36.6 Å². The van der Waals surface area contributed by atoms with Gasteiger partial charge in [-0.2, -0.15) is 0 Å². The normalized spacial score (nSPS) is 12.1. The van der Waals surface area contributed by atoms with Crippen LogP contribution >= 0.6 is 0 Å². The number of nitrogens with one attached hydrogen (secondary N) is 1. The van der Waals surface area contributed by atoms with E-state index < -0.39 is 28.5 Å². The Balaban J connectivity index is 2.34. The van der Waals surface area contributed by atoms with Crippen LogP contribution in [0.15, 0.2) is 54.6 Å². The molecule has 8 heteroatoms. The molecule has 0 aliphatic rings. The number of carbonyl (C=O) groups is 2. The highest BCUT2D eigenvalue weighted by molar-refractivity contribution is 7.92. The maximum absolute atomic E-state index is 13.2. The van der Waals surface area contributed by atoms with Crippen molar-refractivity contribution in [3.8, 4) is 0 Å². The maximum Gasteiger partial charge on any atom is 0.244 e. The number of sulfonamides is 1. The van der Waals surface area contributed by atoms with Gasteiger partial charge in [-0.15, -0.1) is 0 Å². The predicted octanol–water partition coefficient (Wildman–Crippen LogP) is 2.18. The number of carbonyl (C=O) groups excluding carboxylic acids is 2. The first-order valence-corrected chi connectivity index (χ1v) is 11.6. The third-order valence-electron chi connectivity index (χ3n) is 4.92. The summed E-state index contributed by atoms with van der Waals surface area (Å²) in [5.41, 5.74) is 2.33. The van der Waals surface area contributed by atoms with Crippen LogP contribution in [0.5, 0.6) is 0 Å². The van der Waals surface area contributed by atoms with Crippen LogP contribution in [-0.4, -0.2) is 51.0 Å². The molecule has 1 N–H and O–H groups in total. The Bertz CT molecular complexity index is 960.